The summed E-state index contributed by atoms with van der Waals surface area (Å²) in [5.74, 6) is -0.301. The van der Waals surface area contributed by atoms with E-state index in [9.17, 15) is 13.2 Å². The molecular formula is C28H33N3O3S. The van der Waals surface area contributed by atoms with Gasteiger partial charge in [0.05, 0.1) is 4.90 Å². The second-order valence-corrected chi connectivity index (χ2v) is 10.9. The number of benzene rings is 3. The van der Waals surface area contributed by atoms with E-state index in [1.807, 2.05) is 37.3 Å². The number of rotatable bonds is 8. The maximum absolute atomic E-state index is 13.0. The standard InChI is InChI=1S/C28H33N3O3S/c1-21-10-14-26(15-11-21)30-35(33,34)27-18-23(13-12-22(27)2)28(32)29-19-24-8-4-5-9-25(24)20-31-16-6-3-7-17-31/h4-5,8-15,18,30H,3,6-7,16-17,19-20H2,1-2H3,(H,29,32). The molecule has 0 aliphatic carbocycles. The average molecular weight is 492 g/mol. The Morgan fingerprint density at radius 2 is 1.57 bits per heavy atom. The van der Waals surface area contributed by atoms with Crippen LogP contribution in [-0.2, 0) is 23.1 Å². The number of hydrogen-bond acceptors (Lipinski definition) is 4. The van der Waals surface area contributed by atoms with Gasteiger partial charge in [0.1, 0.15) is 0 Å². The van der Waals surface area contributed by atoms with Gasteiger partial charge in [0.25, 0.3) is 15.9 Å². The monoisotopic (exact) mass is 491 g/mol. The van der Waals surface area contributed by atoms with Crippen molar-refractivity contribution in [3.8, 4) is 0 Å². The van der Waals surface area contributed by atoms with E-state index in [0.29, 0.717) is 23.4 Å². The lowest BCUT2D eigenvalue weighted by molar-refractivity contribution is 0.0950. The maximum Gasteiger partial charge on any atom is 0.262 e. The van der Waals surface area contributed by atoms with Gasteiger partial charge in [-0.25, -0.2) is 8.42 Å². The lowest BCUT2D eigenvalue weighted by Crippen LogP contribution is -2.30. The molecule has 0 spiro atoms. The predicted octanol–water partition coefficient (Wildman–Crippen LogP) is 5.02. The Morgan fingerprint density at radius 3 is 2.29 bits per heavy atom. The minimum Gasteiger partial charge on any atom is -0.348 e. The largest absolute Gasteiger partial charge is 0.348 e. The van der Waals surface area contributed by atoms with Crippen molar-refractivity contribution >= 4 is 21.6 Å². The molecule has 6 nitrogen and oxygen atoms in total. The summed E-state index contributed by atoms with van der Waals surface area (Å²) in [6.07, 6.45) is 3.76. The van der Waals surface area contributed by atoms with Crippen molar-refractivity contribution in [1.29, 1.82) is 0 Å². The van der Waals surface area contributed by atoms with Gasteiger partial charge in [-0.2, -0.15) is 0 Å². The first-order valence-electron chi connectivity index (χ1n) is 12.1. The van der Waals surface area contributed by atoms with Crippen LogP contribution in [0.4, 0.5) is 5.69 Å². The fourth-order valence-electron chi connectivity index (χ4n) is 4.38. The molecule has 1 amide bonds. The van der Waals surface area contributed by atoms with Crippen LogP contribution in [0.2, 0.25) is 0 Å². The second kappa shape index (κ2) is 11.1. The van der Waals surface area contributed by atoms with Crippen molar-refractivity contribution in [1.82, 2.24) is 10.2 Å². The van der Waals surface area contributed by atoms with Gasteiger partial charge in [-0.15, -0.1) is 0 Å². The molecule has 0 atom stereocenters. The summed E-state index contributed by atoms with van der Waals surface area (Å²) in [6.45, 7) is 7.15. The summed E-state index contributed by atoms with van der Waals surface area (Å²) >= 11 is 0. The highest BCUT2D eigenvalue weighted by molar-refractivity contribution is 7.92. The van der Waals surface area contributed by atoms with Crippen LogP contribution < -0.4 is 10.0 Å². The van der Waals surface area contributed by atoms with Gasteiger partial charge in [0.2, 0.25) is 0 Å². The number of nitrogens with one attached hydrogen (secondary N) is 2. The number of hydrogen-bond donors (Lipinski definition) is 2. The topological polar surface area (TPSA) is 78.5 Å². The first kappa shape index (κ1) is 24.9. The molecule has 0 aromatic heterocycles. The van der Waals surface area contributed by atoms with Crippen molar-refractivity contribution in [2.24, 2.45) is 0 Å². The minimum absolute atomic E-state index is 0.0937. The summed E-state index contributed by atoms with van der Waals surface area (Å²) in [4.78, 5) is 15.5. The summed E-state index contributed by atoms with van der Waals surface area (Å²) < 4.78 is 28.7. The van der Waals surface area contributed by atoms with E-state index in [4.69, 9.17) is 0 Å². The molecule has 0 bridgehead atoms. The Balaban J connectivity index is 1.46. The Labute approximate surface area is 208 Å². The highest BCUT2D eigenvalue weighted by Gasteiger charge is 2.20. The van der Waals surface area contributed by atoms with Gasteiger partial charge < -0.3 is 5.32 Å². The smallest absolute Gasteiger partial charge is 0.262 e. The van der Waals surface area contributed by atoms with Gasteiger partial charge in [-0.1, -0.05) is 54.4 Å². The predicted molar refractivity (Wildman–Crippen MR) is 140 cm³/mol. The van der Waals surface area contributed by atoms with E-state index < -0.39 is 10.0 Å². The quantitative estimate of drug-likeness (QED) is 0.464. The first-order chi connectivity index (χ1) is 16.8. The van der Waals surface area contributed by atoms with Gasteiger partial charge in [-0.3, -0.25) is 14.4 Å². The number of likely N-dealkylation sites (tertiary alicyclic amines) is 1. The van der Waals surface area contributed by atoms with Crippen LogP contribution >= 0.6 is 0 Å². The zero-order valence-corrected chi connectivity index (χ0v) is 21.2. The number of nitrogens with zero attached hydrogens (tertiary/aromatic N) is 1. The number of anilines is 1. The number of amides is 1. The van der Waals surface area contributed by atoms with Crippen LogP contribution in [-0.4, -0.2) is 32.3 Å². The van der Waals surface area contributed by atoms with Crippen LogP contribution in [0, 0.1) is 13.8 Å². The Hall–Kier alpha value is -3.16. The molecule has 184 valence electrons. The van der Waals surface area contributed by atoms with E-state index in [1.165, 1.54) is 30.9 Å². The summed E-state index contributed by atoms with van der Waals surface area (Å²) in [5, 5.41) is 2.97. The molecule has 3 aromatic carbocycles. The minimum atomic E-state index is -3.84. The molecule has 0 saturated carbocycles. The molecule has 1 heterocycles. The van der Waals surface area contributed by atoms with Gasteiger partial charge in [0.15, 0.2) is 0 Å². The molecule has 4 rings (SSSR count). The third kappa shape index (κ3) is 6.50. The molecule has 1 aliphatic heterocycles. The lowest BCUT2D eigenvalue weighted by atomic mass is 10.0. The molecule has 0 unspecified atom stereocenters. The van der Waals surface area contributed by atoms with Crippen LogP contribution in [0.3, 0.4) is 0 Å². The average Bonchev–Trinajstić information content (AvgIpc) is 2.85. The molecular weight excluding hydrogens is 458 g/mol. The molecule has 1 saturated heterocycles. The molecule has 7 heteroatoms. The Bertz CT molecular complexity index is 1280. The fraction of sp³-hybridized carbons (Fsp3) is 0.321. The van der Waals surface area contributed by atoms with Crippen molar-refractivity contribution < 1.29 is 13.2 Å². The zero-order valence-electron chi connectivity index (χ0n) is 20.4. The van der Waals surface area contributed by atoms with Crippen LogP contribution in [0.15, 0.2) is 71.6 Å². The van der Waals surface area contributed by atoms with Crippen molar-refractivity contribution in [3.05, 3.63) is 94.5 Å². The molecule has 1 fully saturated rings. The number of carbonyl (C=O) groups excluding carboxylic acids is 1. The van der Waals surface area contributed by atoms with E-state index in [2.05, 4.69) is 21.0 Å². The van der Waals surface area contributed by atoms with E-state index in [0.717, 1.165) is 30.8 Å². The maximum atomic E-state index is 13.0. The third-order valence-electron chi connectivity index (χ3n) is 6.44. The highest BCUT2D eigenvalue weighted by Crippen LogP contribution is 2.22. The fourth-order valence-corrected chi connectivity index (χ4v) is 5.71. The Kier molecular flexibility index (Phi) is 7.88. The van der Waals surface area contributed by atoms with Crippen molar-refractivity contribution in [3.63, 3.8) is 0 Å². The summed E-state index contributed by atoms with van der Waals surface area (Å²) in [5.41, 5.74) is 4.70. The van der Waals surface area contributed by atoms with Crippen LogP contribution in [0.5, 0.6) is 0 Å². The van der Waals surface area contributed by atoms with Gasteiger partial charge >= 0.3 is 0 Å². The molecule has 35 heavy (non-hydrogen) atoms. The highest BCUT2D eigenvalue weighted by atomic mass is 32.2. The van der Waals surface area contributed by atoms with Crippen LogP contribution in [0.25, 0.3) is 0 Å². The van der Waals surface area contributed by atoms with Crippen LogP contribution in [0.1, 0.15) is 51.9 Å². The number of aryl methyl sites for hydroxylation is 2. The molecule has 1 aliphatic rings. The number of sulfonamides is 1. The molecule has 2 N–H and O–H groups in total. The first-order valence-corrected chi connectivity index (χ1v) is 13.6. The van der Waals surface area contributed by atoms with E-state index in [1.54, 1.807) is 31.2 Å². The Morgan fingerprint density at radius 1 is 0.886 bits per heavy atom. The zero-order chi connectivity index (χ0) is 24.8. The normalized spacial score (nSPS) is 14.5. The number of piperidine rings is 1. The summed E-state index contributed by atoms with van der Waals surface area (Å²) in [7, 11) is -3.84. The summed E-state index contributed by atoms with van der Waals surface area (Å²) in [6, 6.07) is 20.1. The van der Waals surface area contributed by atoms with Crippen molar-refractivity contribution in [2.75, 3.05) is 17.8 Å². The lowest BCUT2D eigenvalue weighted by Gasteiger charge is -2.27. The van der Waals surface area contributed by atoms with E-state index >= 15 is 0 Å². The molecule has 3 aromatic rings. The van der Waals surface area contributed by atoms with Gasteiger partial charge in [-0.05, 0) is 80.7 Å². The number of carbonyl (C=O) groups is 1. The molecule has 0 radical (unpaired) electrons. The second-order valence-electron chi connectivity index (χ2n) is 9.24. The SMILES string of the molecule is Cc1ccc(NS(=O)(=O)c2cc(C(=O)NCc3ccccc3CN3CCCCC3)ccc2C)cc1. The van der Waals surface area contributed by atoms with Crippen molar-refractivity contribution in [2.45, 2.75) is 51.1 Å². The van der Waals surface area contributed by atoms with Gasteiger partial charge in [0, 0.05) is 24.3 Å². The van der Waals surface area contributed by atoms with E-state index in [-0.39, 0.29) is 10.8 Å². The third-order valence-corrected chi connectivity index (χ3v) is 7.97.